The zero-order chi connectivity index (χ0) is 15.6. The van der Waals surface area contributed by atoms with Crippen LogP contribution in [0.15, 0.2) is 36.4 Å². The number of benzene rings is 2. The standard InChI is InChI=1S/C13H8ClIN2O4/c14-9-6-7(17(20)21)5-8(13(18)19)12(9)16-11-4-2-1-3-10(11)15/h1-6,16H,(H,18,19). The molecule has 2 aromatic carbocycles. The van der Waals surface area contributed by atoms with E-state index in [1.165, 1.54) is 0 Å². The molecule has 0 unspecified atom stereocenters. The topological polar surface area (TPSA) is 92.5 Å². The summed E-state index contributed by atoms with van der Waals surface area (Å²) in [5.41, 5.74) is 0.162. The summed E-state index contributed by atoms with van der Waals surface area (Å²) >= 11 is 8.08. The van der Waals surface area contributed by atoms with Gasteiger partial charge in [-0.3, -0.25) is 10.1 Å². The predicted molar refractivity (Wildman–Crippen MR) is 87.5 cm³/mol. The van der Waals surface area contributed by atoms with Crippen LogP contribution in [-0.4, -0.2) is 16.0 Å². The molecule has 108 valence electrons. The van der Waals surface area contributed by atoms with Crippen LogP contribution in [0.5, 0.6) is 0 Å². The van der Waals surface area contributed by atoms with E-state index in [2.05, 4.69) is 27.9 Å². The van der Waals surface area contributed by atoms with Gasteiger partial charge in [0.2, 0.25) is 0 Å². The highest BCUT2D eigenvalue weighted by Crippen LogP contribution is 2.34. The Labute approximate surface area is 138 Å². The number of nitrogens with zero attached hydrogens (tertiary/aromatic N) is 1. The number of para-hydroxylation sites is 1. The average Bonchev–Trinajstić information content (AvgIpc) is 2.42. The summed E-state index contributed by atoms with van der Waals surface area (Å²) in [7, 11) is 0. The highest BCUT2D eigenvalue weighted by Gasteiger charge is 2.20. The number of carboxylic acids is 1. The first-order valence-electron chi connectivity index (χ1n) is 5.63. The van der Waals surface area contributed by atoms with Gasteiger partial charge in [-0.2, -0.15) is 0 Å². The predicted octanol–water partition coefficient (Wildman–Crippen LogP) is 4.29. The van der Waals surface area contributed by atoms with E-state index in [0.29, 0.717) is 5.69 Å². The van der Waals surface area contributed by atoms with Crippen LogP contribution in [0.25, 0.3) is 0 Å². The van der Waals surface area contributed by atoms with E-state index in [0.717, 1.165) is 15.7 Å². The average molecular weight is 419 g/mol. The molecule has 0 radical (unpaired) electrons. The van der Waals surface area contributed by atoms with Crippen molar-refractivity contribution in [2.45, 2.75) is 0 Å². The van der Waals surface area contributed by atoms with Gasteiger partial charge < -0.3 is 10.4 Å². The molecule has 0 saturated carbocycles. The largest absolute Gasteiger partial charge is 0.478 e. The molecule has 8 heteroatoms. The Kier molecular flexibility index (Phi) is 4.63. The number of nitro groups is 1. The van der Waals surface area contributed by atoms with Crippen LogP contribution >= 0.6 is 34.2 Å². The molecular weight excluding hydrogens is 411 g/mol. The Bertz CT molecular complexity index is 736. The van der Waals surface area contributed by atoms with Gasteiger partial charge in [0, 0.05) is 15.7 Å². The van der Waals surface area contributed by atoms with Crippen LogP contribution in [0, 0.1) is 13.7 Å². The third-order valence-electron chi connectivity index (χ3n) is 2.65. The lowest BCUT2D eigenvalue weighted by atomic mass is 10.1. The molecule has 0 aliphatic heterocycles. The molecule has 0 saturated heterocycles. The molecule has 6 nitrogen and oxygen atoms in total. The lowest BCUT2D eigenvalue weighted by Gasteiger charge is -2.12. The molecule has 2 N–H and O–H groups in total. The minimum absolute atomic E-state index is 0.0266. The molecule has 0 spiro atoms. The van der Waals surface area contributed by atoms with Gasteiger partial charge >= 0.3 is 5.97 Å². The Hall–Kier alpha value is -1.87. The Morgan fingerprint density at radius 1 is 1.33 bits per heavy atom. The fourth-order valence-corrected chi connectivity index (χ4v) is 2.47. The van der Waals surface area contributed by atoms with E-state index in [-0.39, 0.29) is 22.0 Å². The maximum atomic E-state index is 11.3. The smallest absolute Gasteiger partial charge is 0.338 e. The van der Waals surface area contributed by atoms with Crippen molar-refractivity contribution in [3.05, 3.63) is 60.7 Å². The minimum Gasteiger partial charge on any atom is -0.478 e. The lowest BCUT2D eigenvalue weighted by Crippen LogP contribution is -2.05. The normalized spacial score (nSPS) is 10.2. The molecular formula is C13H8ClIN2O4. The first-order chi connectivity index (χ1) is 9.90. The van der Waals surface area contributed by atoms with Crippen LogP contribution in [0.1, 0.15) is 10.4 Å². The second kappa shape index (κ2) is 6.27. The number of rotatable bonds is 4. The Balaban J connectivity index is 2.55. The summed E-state index contributed by atoms with van der Waals surface area (Å²) in [6, 6.07) is 9.30. The molecule has 0 aromatic heterocycles. The van der Waals surface area contributed by atoms with Gasteiger partial charge in [-0.25, -0.2) is 4.79 Å². The fourth-order valence-electron chi connectivity index (χ4n) is 1.69. The number of nitro benzene ring substituents is 1. The zero-order valence-electron chi connectivity index (χ0n) is 10.3. The lowest BCUT2D eigenvalue weighted by molar-refractivity contribution is -0.384. The van der Waals surface area contributed by atoms with E-state index in [9.17, 15) is 20.0 Å². The van der Waals surface area contributed by atoms with Gasteiger partial charge in [0.1, 0.15) is 0 Å². The van der Waals surface area contributed by atoms with Crippen LogP contribution in [0.4, 0.5) is 17.1 Å². The number of aromatic carboxylic acids is 1. The summed E-state index contributed by atoms with van der Waals surface area (Å²) in [6.07, 6.45) is 0. The van der Waals surface area contributed by atoms with Crippen molar-refractivity contribution in [2.75, 3.05) is 5.32 Å². The van der Waals surface area contributed by atoms with Gasteiger partial charge in [0.05, 0.1) is 26.9 Å². The van der Waals surface area contributed by atoms with Crippen molar-refractivity contribution in [3.8, 4) is 0 Å². The summed E-state index contributed by atoms with van der Waals surface area (Å²) in [4.78, 5) is 21.4. The maximum absolute atomic E-state index is 11.3. The van der Waals surface area contributed by atoms with Gasteiger partial charge in [-0.15, -0.1) is 0 Å². The third-order valence-corrected chi connectivity index (χ3v) is 3.89. The summed E-state index contributed by atoms with van der Waals surface area (Å²) < 4.78 is 0.862. The van der Waals surface area contributed by atoms with Crippen molar-refractivity contribution in [1.82, 2.24) is 0 Å². The molecule has 2 rings (SSSR count). The molecule has 0 atom stereocenters. The number of hydrogen-bond acceptors (Lipinski definition) is 4. The number of non-ortho nitro benzene ring substituents is 1. The van der Waals surface area contributed by atoms with E-state index >= 15 is 0 Å². The van der Waals surface area contributed by atoms with E-state index < -0.39 is 10.9 Å². The number of hydrogen-bond donors (Lipinski definition) is 2. The second-order valence-corrected chi connectivity index (χ2v) is 5.59. The first-order valence-corrected chi connectivity index (χ1v) is 7.08. The third kappa shape index (κ3) is 3.42. The minimum atomic E-state index is -1.30. The highest BCUT2D eigenvalue weighted by molar-refractivity contribution is 14.1. The number of nitrogens with one attached hydrogen (secondary N) is 1. The molecule has 21 heavy (non-hydrogen) atoms. The summed E-state index contributed by atoms with van der Waals surface area (Å²) in [5, 5.41) is 22.9. The van der Waals surface area contributed by atoms with Crippen molar-refractivity contribution in [2.24, 2.45) is 0 Å². The van der Waals surface area contributed by atoms with Crippen LogP contribution < -0.4 is 5.32 Å². The molecule has 2 aromatic rings. The second-order valence-electron chi connectivity index (χ2n) is 4.02. The Morgan fingerprint density at radius 2 is 2.00 bits per heavy atom. The molecule has 0 fully saturated rings. The van der Waals surface area contributed by atoms with Gasteiger partial charge in [0.15, 0.2) is 0 Å². The molecule has 0 bridgehead atoms. The monoisotopic (exact) mass is 418 g/mol. The number of carboxylic acid groups (broad SMARTS) is 1. The van der Waals surface area contributed by atoms with Gasteiger partial charge in [-0.05, 0) is 34.7 Å². The van der Waals surface area contributed by atoms with E-state index in [1.807, 2.05) is 12.1 Å². The van der Waals surface area contributed by atoms with Crippen molar-refractivity contribution in [1.29, 1.82) is 0 Å². The Morgan fingerprint density at radius 3 is 2.57 bits per heavy atom. The number of carbonyl (C=O) groups is 1. The van der Waals surface area contributed by atoms with Crippen LogP contribution in [-0.2, 0) is 0 Å². The quantitative estimate of drug-likeness (QED) is 0.439. The highest BCUT2D eigenvalue weighted by atomic mass is 127. The van der Waals surface area contributed by atoms with Gasteiger partial charge in [0.25, 0.3) is 5.69 Å². The number of anilines is 2. The number of halogens is 2. The molecule has 0 amide bonds. The SMILES string of the molecule is O=C(O)c1cc([N+](=O)[O-])cc(Cl)c1Nc1ccccc1I. The maximum Gasteiger partial charge on any atom is 0.338 e. The fraction of sp³-hybridized carbons (Fsp3) is 0. The van der Waals surface area contributed by atoms with Gasteiger partial charge in [-0.1, -0.05) is 23.7 Å². The van der Waals surface area contributed by atoms with E-state index in [4.69, 9.17) is 11.6 Å². The zero-order valence-corrected chi connectivity index (χ0v) is 13.3. The summed E-state index contributed by atoms with van der Waals surface area (Å²) in [5.74, 6) is -1.30. The summed E-state index contributed by atoms with van der Waals surface area (Å²) in [6.45, 7) is 0. The molecule has 0 heterocycles. The molecule has 0 aliphatic rings. The first kappa shape index (κ1) is 15.5. The van der Waals surface area contributed by atoms with E-state index in [1.54, 1.807) is 12.1 Å². The van der Waals surface area contributed by atoms with Crippen molar-refractivity contribution >= 4 is 57.2 Å². The van der Waals surface area contributed by atoms with Crippen molar-refractivity contribution < 1.29 is 14.8 Å². The molecule has 0 aliphatic carbocycles. The van der Waals surface area contributed by atoms with Crippen molar-refractivity contribution in [3.63, 3.8) is 0 Å². The van der Waals surface area contributed by atoms with Crippen LogP contribution in [0.2, 0.25) is 5.02 Å². The van der Waals surface area contributed by atoms with Crippen LogP contribution in [0.3, 0.4) is 0 Å².